The molecule has 172 valence electrons. The van der Waals surface area contributed by atoms with Gasteiger partial charge in [0.05, 0.1) is 16.1 Å². The second kappa shape index (κ2) is 10.5. The van der Waals surface area contributed by atoms with Gasteiger partial charge in [-0.2, -0.15) is 5.10 Å². The van der Waals surface area contributed by atoms with Crippen LogP contribution in [0.2, 0.25) is 5.02 Å². The van der Waals surface area contributed by atoms with E-state index in [1.807, 2.05) is 41.0 Å². The Balaban J connectivity index is 1.47. The number of aromatic nitrogens is 4. The van der Waals surface area contributed by atoms with Crippen molar-refractivity contribution in [2.75, 3.05) is 25.0 Å². The maximum absolute atomic E-state index is 12.9. The fourth-order valence-corrected chi connectivity index (χ4v) is 3.79. The fourth-order valence-electron chi connectivity index (χ4n) is 3.60. The Morgan fingerprint density at radius 3 is 2.64 bits per heavy atom. The summed E-state index contributed by atoms with van der Waals surface area (Å²) in [5, 5.41) is 7.78. The van der Waals surface area contributed by atoms with Crippen LogP contribution < -0.4 is 10.1 Å². The van der Waals surface area contributed by atoms with E-state index in [0.717, 1.165) is 37.2 Å². The Bertz CT molecular complexity index is 1230. The number of halogens is 1. The number of fused-ring (bicyclic) bond motifs is 1. The molecule has 0 aliphatic carbocycles. The average molecular weight is 467 g/mol. The van der Waals surface area contributed by atoms with Crippen molar-refractivity contribution in [3.8, 4) is 5.75 Å². The van der Waals surface area contributed by atoms with Crippen molar-refractivity contribution in [3.05, 3.63) is 71.5 Å². The molecule has 0 spiro atoms. The number of ether oxygens (including phenoxy) is 1. The monoisotopic (exact) mass is 466 g/mol. The number of imidazole rings is 1. The Hall–Kier alpha value is -3.36. The Labute approximate surface area is 197 Å². The van der Waals surface area contributed by atoms with Crippen molar-refractivity contribution in [3.63, 3.8) is 0 Å². The minimum Gasteiger partial charge on any atom is -0.470 e. The molecule has 0 unspecified atom stereocenters. The lowest BCUT2D eigenvalue weighted by Crippen LogP contribution is -2.27. The Kier molecular flexibility index (Phi) is 7.26. The standard InChI is InChI=1S/C24H27ClN6O2/c1-3-29(4-2)15-16-31-21-11-7-6-10-19(21)26-24(31)27-23(32)20-13-14-30(28-20)17-33-22-12-8-5-9-18(22)25/h5-14H,3-4,15-17H2,1-2H3,(H,26,27,32). The van der Waals surface area contributed by atoms with Crippen LogP contribution in [-0.2, 0) is 13.3 Å². The van der Waals surface area contributed by atoms with Gasteiger partial charge in [0.1, 0.15) is 5.75 Å². The van der Waals surface area contributed by atoms with E-state index >= 15 is 0 Å². The van der Waals surface area contributed by atoms with Crippen LogP contribution in [0.3, 0.4) is 0 Å². The molecule has 1 amide bonds. The number of benzene rings is 2. The first-order valence-electron chi connectivity index (χ1n) is 11.0. The molecule has 0 bridgehead atoms. The predicted molar refractivity (Wildman–Crippen MR) is 130 cm³/mol. The van der Waals surface area contributed by atoms with Crippen molar-refractivity contribution in [2.45, 2.75) is 27.1 Å². The molecular weight excluding hydrogens is 440 g/mol. The lowest BCUT2D eigenvalue weighted by molar-refractivity contribution is 0.101. The molecule has 0 atom stereocenters. The predicted octanol–water partition coefficient (Wildman–Crippen LogP) is 4.52. The van der Waals surface area contributed by atoms with Gasteiger partial charge < -0.3 is 14.2 Å². The van der Waals surface area contributed by atoms with Gasteiger partial charge in [-0.05, 0) is 43.4 Å². The number of anilines is 1. The van der Waals surface area contributed by atoms with Gasteiger partial charge in [-0.3, -0.25) is 10.1 Å². The molecule has 0 fully saturated rings. The highest BCUT2D eigenvalue weighted by atomic mass is 35.5. The summed E-state index contributed by atoms with van der Waals surface area (Å²) in [6, 6.07) is 16.7. The van der Waals surface area contributed by atoms with Crippen molar-refractivity contribution >= 4 is 34.5 Å². The number of likely N-dealkylation sites (N-methyl/N-ethyl adjacent to an activating group) is 1. The SMILES string of the molecule is CCN(CC)CCn1c(NC(=O)c2ccn(COc3ccccc3Cl)n2)nc2ccccc21. The highest BCUT2D eigenvalue weighted by molar-refractivity contribution is 6.32. The number of carbonyl (C=O) groups excluding carboxylic acids is 1. The zero-order valence-corrected chi connectivity index (χ0v) is 19.5. The van der Waals surface area contributed by atoms with Gasteiger partial charge in [-0.1, -0.05) is 49.7 Å². The molecule has 4 rings (SSSR count). The summed E-state index contributed by atoms with van der Waals surface area (Å²) in [6.07, 6.45) is 1.69. The number of carbonyl (C=O) groups is 1. The molecular formula is C24H27ClN6O2. The molecule has 0 radical (unpaired) electrons. The third kappa shape index (κ3) is 5.35. The van der Waals surface area contributed by atoms with E-state index in [0.29, 0.717) is 16.7 Å². The third-order valence-electron chi connectivity index (χ3n) is 5.48. The highest BCUT2D eigenvalue weighted by Crippen LogP contribution is 2.23. The van der Waals surface area contributed by atoms with Crippen LogP contribution in [0.15, 0.2) is 60.8 Å². The van der Waals surface area contributed by atoms with Gasteiger partial charge in [-0.25, -0.2) is 9.67 Å². The summed E-state index contributed by atoms with van der Waals surface area (Å²) in [5.74, 6) is 0.740. The summed E-state index contributed by atoms with van der Waals surface area (Å²) in [4.78, 5) is 19.9. The van der Waals surface area contributed by atoms with E-state index in [9.17, 15) is 4.79 Å². The van der Waals surface area contributed by atoms with Crippen molar-refractivity contribution in [2.24, 2.45) is 0 Å². The average Bonchev–Trinajstić information content (AvgIpc) is 3.44. The van der Waals surface area contributed by atoms with Crippen LogP contribution in [-0.4, -0.2) is 49.8 Å². The van der Waals surface area contributed by atoms with Gasteiger partial charge in [0.15, 0.2) is 12.4 Å². The molecule has 0 saturated heterocycles. The normalized spacial score (nSPS) is 11.3. The number of amides is 1. The van der Waals surface area contributed by atoms with E-state index in [-0.39, 0.29) is 18.3 Å². The number of nitrogens with one attached hydrogen (secondary N) is 1. The Morgan fingerprint density at radius 1 is 1.09 bits per heavy atom. The molecule has 9 heteroatoms. The van der Waals surface area contributed by atoms with E-state index in [1.165, 1.54) is 0 Å². The minimum absolute atomic E-state index is 0.138. The van der Waals surface area contributed by atoms with Crippen LogP contribution in [0.4, 0.5) is 5.95 Å². The molecule has 0 aliphatic heterocycles. The van der Waals surface area contributed by atoms with Gasteiger partial charge in [0, 0.05) is 19.3 Å². The van der Waals surface area contributed by atoms with Crippen LogP contribution >= 0.6 is 11.6 Å². The quantitative estimate of drug-likeness (QED) is 0.372. The molecule has 0 saturated carbocycles. The third-order valence-corrected chi connectivity index (χ3v) is 5.79. The number of hydrogen-bond donors (Lipinski definition) is 1. The fraction of sp³-hybridized carbons (Fsp3) is 0.292. The summed E-state index contributed by atoms with van der Waals surface area (Å²) in [6.45, 7) is 7.95. The summed E-state index contributed by atoms with van der Waals surface area (Å²) in [7, 11) is 0. The van der Waals surface area contributed by atoms with Gasteiger partial charge in [-0.15, -0.1) is 0 Å². The highest BCUT2D eigenvalue weighted by Gasteiger charge is 2.17. The first kappa shape index (κ1) is 22.8. The Morgan fingerprint density at radius 2 is 1.85 bits per heavy atom. The lowest BCUT2D eigenvalue weighted by atomic mass is 10.3. The van der Waals surface area contributed by atoms with Gasteiger partial charge in [0.25, 0.3) is 5.91 Å². The van der Waals surface area contributed by atoms with E-state index < -0.39 is 0 Å². The topological polar surface area (TPSA) is 77.2 Å². The molecule has 0 aliphatic rings. The molecule has 33 heavy (non-hydrogen) atoms. The first-order chi connectivity index (χ1) is 16.1. The largest absolute Gasteiger partial charge is 0.470 e. The second-order valence-electron chi connectivity index (χ2n) is 7.50. The second-order valence-corrected chi connectivity index (χ2v) is 7.91. The lowest BCUT2D eigenvalue weighted by Gasteiger charge is -2.19. The molecule has 2 heterocycles. The van der Waals surface area contributed by atoms with E-state index in [4.69, 9.17) is 16.3 Å². The number of rotatable bonds is 10. The maximum atomic E-state index is 12.9. The van der Waals surface area contributed by atoms with Crippen molar-refractivity contribution in [1.82, 2.24) is 24.2 Å². The van der Waals surface area contributed by atoms with Crippen LogP contribution in [0.25, 0.3) is 11.0 Å². The van der Waals surface area contributed by atoms with E-state index in [2.05, 4.69) is 34.1 Å². The maximum Gasteiger partial charge on any atom is 0.278 e. The molecule has 2 aromatic heterocycles. The zero-order chi connectivity index (χ0) is 23.2. The number of nitrogens with zero attached hydrogens (tertiary/aromatic N) is 5. The summed E-state index contributed by atoms with van der Waals surface area (Å²) >= 11 is 6.12. The molecule has 8 nitrogen and oxygen atoms in total. The smallest absolute Gasteiger partial charge is 0.278 e. The van der Waals surface area contributed by atoms with Crippen molar-refractivity contribution in [1.29, 1.82) is 0 Å². The first-order valence-corrected chi connectivity index (χ1v) is 11.4. The van der Waals surface area contributed by atoms with Crippen LogP contribution in [0.5, 0.6) is 5.75 Å². The van der Waals surface area contributed by atoms with Crippen LogP contribution in [0.1, 0.15) is 24.3 Å². The number of hydrogen-bond acceptors (Lipinski definition) is 5. The van der Waals surface area contributed by atoms with E-state index in [1.54, 1.807) is 29.1 Å². The minimum atomic E-state index is -0.328. The molecule has 1 N–H and O–H groups in total. The zero-order valence-electron chi connectivity index (χ0n) is 18.7. The molecule has 2 aromatic carbocycles. The molecule has 4 aromatic rings. The summed E-state index contributed by atoms with van der Waals surface area (Å²) < 4.78 is 9.27. The van der Waals surface area contributed by atoms with Gasteiger partial charge in [0.2, 0.25) is 5.95 Å². The number of para-hydroxylation sites is 3. The summed E-state index contributed by atoms with van der Waals surface area (Å²) in [5.41, 5.74) is 2.10. The van der Waals surface area contributed by atoms with Crippen LogP contribution in [0, 0.1) is 0 Å². The van der Waals surface area contributed by atoms with Crippen molar-refractivity contribution < 1.29 is 9.53 Å². The van der Waals surface area contributed by atoms with Gasteiger partial charge >= 0.3 is 0 Å².